The van der Waals surface area contributed by atoms with Crippen LogP contribution in [0.1, 0.15) is 29.1 Å². The van der Waals surface area contributed by atoms with Gasteiger partial charge < -0.3 is 0 Å². The van der Waals surface area contributed by atoms with Crippen LogP contribution in [0.5, 0.6) is 0 Å². The van der Waals surface area contributed by atoms with Crippen molar-refractivity contribution in [2.45, 2.75) is 27.7 Å². The van der Waals surface area contributed by atoms with Crippen molar-refractivity contribution in [2.75, 3.05) is 0 Å². The first-order valence-corrected chi connectivity index (χ1v) is 4.88. The number of hydrogen-bond acceptors (Lipinski definition) is 0. The van der Waals surface area contributed by atoms with E-state index < -0.39 is 0 Å². The standard InChI is InChI=1S/C12H16.C2H6.H2/c1-10(2)6-8-12(5)9-7-11(3)4;1-2;/h6-9H,1,3,5H2,2,4H3;1-2H3;1H/b8-6-,9-7+;;. The van der Waals surface area contributed by atoms with Crippen molar-refractivity contribution in [1.82, 2.24) is 0 Å². The molecule has 0 rings (SSSR count). The van der Waals surface area contributed by atoms with Crippen LogP contribution in [0.3, 0.4) is 0 Å². The van der Waals surface area contributed by atoms with Crippen molar-refractivity contribution in [1.29, 1.82) is 0 Å². The average Bonchev–Trinajstić information content (AvgIpc) is 2.14. The van der Waals surface area contributed by atoms with E-state index in [9.17, 15) is 0 Å². The van der Waals surface area contributed by atoms with E-state index in [-0.39, 0.29) is 1.43 Å². The van der Waals surface area contributed by atoms with Gasteiger partial charge in [0.1, 0.15) is 0 Å². The SMILES string of the molecule is C=C(C)/C=C\C(=C)/C=C/C(=C)C.CC.[HH]. The molecule has 0 aromatic rings. The van der Waals surface area contributed by atoms with Crippen molar-refractivity contribution >= 4 is 0 Å². The molecule has 0 aromatic carbocycles. The number of rotatable bonds is 4. The highest BCUT2D eigenvalue weighted by Gasteiger charge is 1.80. The third-order valence-electron chi connectivity index (χ3n) is 1.16. The lowest BCUT2D eigenvalue weighted by molar-refractivity contribution is 1.50. The minimum Gasteiger partial charge on any atom is -0.0961 e. The molecule has 0 fully saturated rings. The van der Waals surface area contributed by atoms with Crippen LogP contribution in [0.15, 0.2) is 60.8 Å². The van der Waals surface area contributed by atoms with Gasteiger partial charge in [0.05, 0.1) is 0 Å². The van der Waals surface area contributed by atoms with E-state index in [1.165, 1.54) is 0 Å². The third-order valence-corrected chi connectivity index (χ3v) is 1.16. The highest BCUT2D eigenvalue weighted by atomic mass is 13.9. The quantitative estimate of drug-likeness (QED) is 0.545. The molecule has 0 aliphatic carbocycles. The molecule has 0 aliphatic rings. The van der Waals surface area contributed by atoms with Gasteiger partial charge in [0.15, 0.2) is 0 Å². The second-order valence-electron chi connectivity index (χ2n) is 2.93. The fourth-order valence-electron chi connectivity index (χ4n) is 0.554. The minimum absolute atomic E-state index is 0. The molecule has 0 aromatic heterocycles. The molecular weight excluding hydrogens is 168 g/mol. The topological polar surface area (TPSA) is 0 Å². The lowest BCUT2D eigenvalue weighted by Crippen LogP contribution is -1.69. The van der Waals surface area contributed by atoms with Gasteiger partial charge in [-0.1, -0.05) is 69.0 Å². The highest BCUT2D eigenvalue weighted by molar-refractivity contribution is 5.33. The first-order valence-electron chi connectivity index (χ1n) is 4.88. The summed E-state index contributed by atoms with van der Waals surface area (Å²) in [6, 6.07) is 0. The molecule has 0 saturated carbocycles. The zero-order valence-electron chi connectivity index (χ0n) is 9.93. The Hall–Kier alpha value is -1.30. The predicted octanol–water partition coefficient (Wildman–Crippen LogP) is 5.08. The third kappa shape index (κ3) is 13.3. The molecule has 0 heterocycles. The Kier molecular flexibility index (Phi) is 10.6. The molecule has 0 nitrogen and oxygen atoms in total. The first-order chi connectivity index (χ1) is 6.52. The second kappa shape index (κ2) is 9.79. The molecule has 0 saturated heterocycles. The monoisotopic (exact) mass is 192 g/mol. The van der Waals surface area contributed by atoms with Crippen LogP contribution in [0.4, 0.5) is 0 Å². The van der Waals surface area contributed by atoms with Gasteiger partial charge in [0.25, 0.3) is 0 Å². The summed E-state index contributed by atoms with van der Waals surface area (Å²) in [6.45, 7) is 19.2. The molecule has 0 spiro atoms. The van der Waals surface area contributed by atoms with Crippen LogP contribution in [0.2, 0.25) is 0 Å². The molecule has 0 unspecified atom stereocenters. The molecule has 0 amide bonds. The summed E-state index contributed by atoms with van der Waals surface area (Å²) in [5.74, 6) is 0. The number of hydrogen-bond donors (Lipinski definition) is 0. The van der Waals surface area contributed by atoms with Crippen molar-refractivity contribution in [3.05, 3.63) is 60.8 Å². The second-order valence-corrected chi connectivity index (χ2v) is 2.93. The van der Waals surface area contributed by atoms with Crippen LogP contribution < -0.4 is 0 Å². The lowest BCUT2D eigenvalue weighted by atomic mass is 10.2. The van der Waals surface area contributed by atoms with Gasteiger partial charge in [-0.25, -0.2) is 0 Å². The molecule has 0 N–H and O–H groups in total. The van der Waals surface area contributed by atoms with Gasteiger partial charge in [-0.3, -0.25) is 0 Å². The summed E-state index contributed by atoms with van der Waals surface area (Å²) in [5, 5.41) is 0. The van der Waals surface area contributed by atoms with Crippen LogP contribution in [-0.4, -0.2) is 0 Å². The lowest BCUT2D eigenvalue weighted by Gasteiger charge is -1.90. The van der Waals surface area contributed by atoms with E-state index in [4.69, 9.17) is 0 Å². The highest BCUT2D eigenvalue weighted by Crippen LogP contribution is 2.01. The maximum Gasteiger partial charge on any atom is 0 e. The van der Waals surface area contributed by atoms with Gasteiger partial charge in [0.2, 0.25) is 0 Å². The van der Waals surface area contributed by atoms with Crippen molar-refractivity contribution in [2.24, 2.45) is 0 Å². The molecule has 0 heteroatoms. The first kappa shape index (κ1) is 15.2. The van der Waals surface area contributed by atoms with Crippen LogP contribution in [0.25, 0.3) is 0 Å². The molecule has 0 aliphatic heterocycles. The molecule has 0 radical (unpaired) electrons. The van der Waals surface area contributed by atoms with Crippen molar-refractivity contribution < 1.29 is 1.43 Å². The largest absolute Gasteiger partial charge is 0.0961 e. The maximum atomic E-state index is 3.84. The molecule has 14 heavy (non-hydrogen) atoms. The van der Waals surface area contributed by atoms with Gasteiger partial charge >= 0.3 is 0 Å². The summed E-state index contributed by atoms with van der Waals surface area (Å²) in [5.41, 5.74) is 3.01. The van der Waals surface area contributed by atoms with Gasteiger partial charge in [0, 0.05) is 1.43 Å². The number of allylic oxidation sites excluding steroid dienone is 7. The van der Waals surface area contributed by atoms with Gasteiger partial charge in [-0.2, -0.15) is 0 Å². The Bertz CT molecular complexity index is 229. The van der Waals surface area contributed by atoms with E-state index in [1.54, 1.807) is 0 Å². The van der Waals surface area contributed by atoms with Crippen LogP contribution in [-0.2, 0) is 0 Å². The summed E-state index contributed by atoms with van der Waals surface area (Å²) in [6.07, 6.45) is 7.74. The Balaban J connectivity index is -0.000000449. The fraction of sp³-hybridized carbons (Fsp3) is 0.286. The molecule has 0 bridgehead atoms. The van der Waals surface area contributed by atoms with Crippen LogP contribution >= 0.6 is 0 Å². The predicted molar refractivity (Wildman–Crippen MR) is 70.5 cm³/mol. The normalized spacial score (nSPS) is 9.71. The summed E-state index contributed by atoms with van der Waals surface area (Å²) in [4.78, 5) is 0. The maximum absolute atomic E-state index is 3.84. The average molecular weight is 192 g/mol. The van der Waals surface area contributed by atoms with E-state index in [0.29, 0.717) is 0 Å². The molecule has 0 atom stereocenters. The Morgan fingerprint density at radius 3 is 1.29 bits per heavy atom. The summed E-state index contributed by atoms with van der Waals surface area (Å²) in [7, 11) is 0. The van der Waals surface area contributed by atoms with E-state index in [0.717, 1.165) is 16.7 Å². The summed E-state index contributed by atoms with van der Waals surface area (Å²) >= 11 is 0. The Morgan fingerprint density at radius 2 is 1.07 bits per heavy atom. The van der Waals surface area contributed by atoms with Crippen molar-refractivity contribution in [3.63, 3.8) is 0 Å². The molecule has 80 valence electrons. The van der Waals surface area contributed by atoms with E-state index >= 15 is 0 Å². The van der Waals surface area contributed by atoms with Gasteiger partial charge in [-0.05, 0) is 19.4 Å². The zero-order valence-corrected chi connectivity index (χ0v) is 9.93. The zero-order chi connectivity index (χ0) is 11.6. The van der Waals surface area contributed by atoms with E-state index in [1.807, 2.05) is 52.0 Å². The van der Waals surface area contributed by atoms with Crippen LogP contribution in [0, 0.1) is 0 Å². The smallest absolute Gasteiger partial charge is 0 e. The fourth-order valence-corrected chi connectivity index (χ4v) is 0.554. The Labute approximate surface area is 90.5 Å². The molecular formula is C14H24. The van der Waals surface area contributed by atoms with Crippen molar-refractivity contribution in [3.8, 4) is 0 Å². The Morgan fingerprint density at radius 1 is 0.786 bits per heavy atom. The van der Waals surface area contributed by atoms with Gasteiger partial charge in [-0.15, -0.1) is 0 Å². The summed E-state index contributed by atoms with van der Waals surface area (Å²) < 4.78 is 0. The van der Waals surface area contributed by atoms with E-state index in [2.05, 4.69) is 19.7 Å². The minimum atomic E-state index is 0.